The van der Waals surface area contributed by atoms with E-state index in [4.69, 9.17) is 28.9 Å². The highest BCUT2D eigenvalue weighted by Crippen LogP contribution is 2.19. The minimum Gasteiger partial charge on any atom is -0.368 e. The molecule has 4 amide bonds. The molecule has 0 spiro atoms. The highest BCUT2D eigenvalue weighted by molar-refractivity contribution is 6.32. The Kier molecular flexibility index (Phi) is 7.91. The number of nitrogens with one attached hydrogen (secondary N) is 2. The van der Waals surface area contributed by atoms with Crippen molar-refractivity contribution in [1.82, 2.24) is 20.4 Å². The lowest BCUT2D eigenvalue weighted by Crippen LogP contribution is -2.54. The number of carbonyl (C=O) groups excluding carboxylic acids is 3. The number of hydrogen-bond donors (Lipinski definition) is 3. The smallest absolute Gasteiger partial charge is 0.322 e. The van der Waals surface area contributed by atoms with Gasteiger partial charge >= 0.3 is 6.03 Å². The molecule has 28 heavy (non-hydrogen) atoms. The molecule has 154 valence electrons. The fourth-order valence-corrected chi connectivity index (χ4v) is 3.63. The van der Waals surface area contributed by atoms with Crippen LogP contribution in [0.3, 0.4) is 0 Å². The van der Waals surface area contributed by atoms with Gasteiger partial charge in [-0.3, -0.25) is 14.9 Å². The van der Waals surface area contributed by atoms with Crippen molar-refractivity contribution in [2.24, 2.45) is 5.73 Å². The van der Waals surface area contributed by atoms with Crippen LogP contribution in [-0.2, 0) is 9.59 Å². The van der Waals surface area contributed by atoms with Gasteiger partial charge in [0.05, 0.1) is 0 Å². The minimum absolute atomic E-state index is 0.0598. The standard InChI is InChI=1S/C18H25Cl2N5O3/c1-2-14(11-13(20)4-6-19)24-7-9-25(10-8-24)15(26)3-5-18(12-21)16(27)22-17(28)23-18/h2,4,11H,1,3,5-10,12,21H2,(H2,22,23,27,28)/b13-4+,14-11+. The first-order chi connectivity index (χ1) is 13.3. The van der Waals surface area contributed by atoms with Crippen LogP contribution in [0, 0.1) is 0 Å². The van der Waals surface area contributed by atoms with Crippen molar-refractivity contribution in [3.8, 4) is 0 Å². The SMILES string of the molecule is C=C/C(=C\C(Cl)=C/CCl)N1CCN(C(=O)CCC2(CN)NC(=O)NC2=O)CC1. The van der Waals surface area contributed by atoms with Crippen LogP contribution in [-0.4, -0.2) is 71.8 Å². The van der Waals surface area contributed by atoms with E-state index in [0.29, 0.717) is 37.1 Å². The molecule has 1 unspecified atom stereocenters. The normalized spacial score (nSPS) is 23.5. The number of urea groups is 1. The lowest BCUT2D eigenvalue weighted by Gasteiger charge is -2.37. The van der Waals surface area contributed by atoms with Gasteiger partial charge in [-0.2, -0.15) is 0 Å². The number of halogens is 2. The fourth-order valence-electron chi connectivity index (χ4n) is 3.20. The Morgan fingerprint density at radius 2 is 1.89 bits per heavy atom. The summed E-state index contributed by atoms with van der Waals surface area (Å²) in [5.41, 5.74) is 5.32. The summed E-state index contributed by atoms with van der Waals surface area (Å²) in [7, 11) is 0. The summed E-state index contributed by atoms with van der Waals surface area (Å²) in [5.74, 6) is -0.240. The van der Waals surface area contributed by atoms with Crippen molar-refractivity contribution in [1.29, 1.82) is 0 Å². The number of hydrogen-bond acceptors (Lipinski definition) is 5. The average molecular weight is 430 g/mol. The highest BCUT2D eigenvalue weighted by Gasteiger charge is 2.45. The molecule has 4 N–H and O–H groups in total. The average Bonchev–Trinajstić information content (AvgIpc) is 2.98. The molecular weight excluding hydrogens is 405 g/mol. The summed E-state index contributed by atoms with van der Waals surface area (Å²) in [4.78, 5) is 39.7. The Morgan fingerprint density at radius 3 is 2.39 bits per heavy atom. The first-order valence-electron chi connectivity index (χ1n) is 8.97. The lowest BCUT2D eigenvalue weighted by molar-refractivity contribution is -0.133. The molecule has 2 aliphatic rings. The molecule has 2 heterocycles. The van der Waals surface area contributed by atoms with Gasteiger partial charge in [-0.25, -0.2) is 4.79 Å². The molecule has 2 aliphatic heterocycles. The third kappa shape index (κ3) is 5.27. The van der Waals surface area contributed by atoms with Crippen LogP contribution in [0.5, 0.6) is 0 Å². The molecule has 0 bridgehead atoms. The molecule has 0 aromatic heterocycles. The zero-order valence-corrected chi connectivity index (χ0v) is 17.1. The van der Waals surface area contributed by atoms with E-state index in [-0.39, 0.29) is 25.3 Å². The van der Waals surface area contributed by atoms with Crippen LogP contribution in [0.15, 0.2) is 35.5 Å². The summed E-state index contributed by atoms with van der Waals surface area (Å²) in [5, 5.41) is 5.24. The van der Waals surface area contributed by atoms with E-state index in [1.165, 1.54) is 0 Å². The Bertz CT molecular complexity index is 701. The molecule has 8 nitrogen and oxygen atoms in total. The number of allylic oxidation sites excluding steroid dienone is 4. The Hall–Kier alpha value is -2.03. The second-order valence-electron chi connectivity index (χ2n) is 6.58. The molecule has 2 fully saturated rings. The second kappa shape index (κ2) is 9.95. The van der Waals surface area contributed by atoms with Crippen LogP contribution in [0.25, 0.3) is 0 Å². The zero-order valence-electron chi connectivity index (χ0n) is 15.5. The topological polar surface area (TPSA) is 108 Å². The number of nitrogens with two attached hydrogens (primary N) is 1. The Labute approximate surface area is 174 Å². The molecule has 0 aromatic carbocycles. The van der Waals surface area contributed by atoms with Gasteiger partial charge in [0.1, 0.15) is 5.54 Å². The predicted octanol–water partition coefficient (Wildman–Crippen LogP) is 0.879. The summed E-state index contributed by atoms with van der Waals surface area (Å²) >= 11 is 11.7. The number of amides is 4. The van der Waals surface area contributed by atoms with E-state index in [0.717, 1.165) is 5.70 Å². The number of nitrogens with zero attached hydrogens (tertiary/aromatic N) is 2. The summed E-state index contributed by atoms with van der Waals surface area (Å²) < 4.78 is 0. The second-order valence-corrected chi connectivity index (χ2v) is 7.32. The molecule has 0 aliphatic carbocycles. The number of imide groups is 1. The van der Waals surface area contributed by atoms with Gasteiger partial charge in [-0.15, -0.1) is 11.6 Å². The van der Waals surface area contributed by atoms with Crippen LogP contribution in [0.2, 0.25) is 0 Å². The van der Waals surface area contributed by atoms with Crippen LogP contribution in [0.1, 0.15) is 12.8 Å². The maximum absolute atomic E-state index is 12.6. The molecule has 0 saturated carbocycles. The number of rotatable bonds is 8. The van der Waals surface area contributed by atoms with Gasteiger partial charge in [0.25, 0.3) is 5.91 Å². The minimum atomic E-state index is -1.21. The Morgan fingerprint density at radius 1 is 1.25 bits per heavy atom. The van der Waals surface area contributed by atoms with E-state index in [1.807, 2.05) is 0 Å². The molecule has 0 aromatic rings. The number of piperazine rings is 1. The van der Waals surface area contributed by atoms with Crippen molar-refractivity contribution >= 4 is 41.0 Å². The summed E-state index contributed by atoms with van der Waals surface area (Å²) in [6, 6.07) is -0.581. The molecule has 10 heteroatoms. The van der Waals surface area contributed by atoms with Crippen molar-refractivity contribution in [2.75, 3.05) is 38.6 Å². The van der Waals surface area contributed by atoms with Crippen molar-refractivity contribution < 1.29 is 14.4 Å². The third-order valence-corrected chi connectivity index (χ3v) is 5.31. The van der Waals surface area contributed by atoms with E-state index < -0.39 is 17.5 Å². The van der Waals surface area contributed by atoms with Crippen molar-refractivity contribution in [3.05, 3.63) is 35.5 Å². The maximum atomic E-state index is 12.6. The summed E-state index contributed by atoms with van der Waals surface area (Å²) in [6.45, 7) is 6.09. The van der Waals surface area contributed by atoms with Gasteiger partial charge in [-0.1, -0.05) is 24.3 Å². The predicted molar refractivity (Wildman–Crippen MR) is 109 cm³/mol. The van der Waals surface area contributed by atoms with Crippen molar-refractivity contribution in [3.63, 3.8) is 0 Å². The van der Waals surface area contributed by atoms with E-state index in [1.54, 1.807) is 23.1 Å². The van der Waals surface area contributed by atoms with Gasteiger partial charge in [-0.05, 0) is 18.6 Å². The van der Waals surface area contributed by atoms with Gasteiger partial charge in [0, 0.05) is 55.8 Å². The maximum Gasteiger partial charge on any atom is 0.322 e. The first kappa shape index (κ1) is 22.3. The quantitative estimate of drug-likeness (QED) is 0.301. The molecule has 0 radical (unpaired) electrons. The number of carbonyl (C=O) groups is 3. The monoisotopic (exact) mass is 429 g/mol. The first-order valence-corrected chi connectivity index (χ1v) is 9.88. The van der Waals surface area contributed by atoms with E-state index >= 15 is 0 Å². The van der Waals surface area contributed by atoms with Crippen LogP contribution in [0.4, 0.5) is 4.79 Å². The lowest BCUT2D eigenvalue weighted by atomic mass is 9.93. The van der Waals surface area contributed by atoms with Gasteiger partial charge in [0.2, 0.25) is 5.91 Å². The van der Waals surface area contributed by atoms with Crippen LogP contribution < -0.4 is 16.4 Å². The molecule has 1 atom stereocenters. The molecule has 2 saturated heterocycles. The molecular formula is C18H25Cl2N5O3. The van der Waals surface area contributed by atoms with Gasteiger partial charge in [0.15, 0.2) is 0 Å². The third-order valence-electron chi connectivity index (χ3n) is 4.89. The zero-order chi connectivity index (χ0) is 20.7. The van der Waals surface area contributed by atoms with Crippen molar-refractivity contribution in [2.45, 2.75) is 18.4 Å². The van der Waals surface area contributed by atoms with E-state index in [2.05, 4.69) is 22.1 Å². The number of alkyl halides is 1. The highest BCUT2D eigenvalue weighted by atomic mass is 35.5. The largest absolute Gasteiger partial charge is 0.368 e. The Balaban J connectivity index is 1.89. The van der Waals surface area contributed by atoms with E-state index in [9.17, 15) is 14.4 Å². The fraction of sp³-hybridized carbons (Fsp3) is 0.500. The van der Waals surface area contributed by atoms with Gasteiger partial charge < -0.3 is 20.9 Å². The molecule has 2 rings (SSSR count). The van der Waals surface area contributed by atoms with Crippen LogP contribution >= 0.6 is 23.2 Å². The summed E-state index contributed by atoms with van der Waals surface area (Å²) in [6.07, 6.45) is 5.49.